The van der Waals surface area contributed by atoms with E-state index in [9.17, 15) is 0 Å². The highest BCUT2D eigenvalue weighted by atomic mass is 33.1. The van der Waals surface area contributed by atoms with Gasteiger partial charge in [0.2, 0.25) is 0 Å². The smallest absolute Gasteiger partial charge is 0.0716 e. The van der Waals surface area contributed by atoms with E-state index in [1.165, 1.54) is 10.8 Å². The highest BCUT2D eigenvalue weighted by Crippen LogP contribution is 2.16. The van der Waals surface area contributed by atoms with Crippen LogP contribution in [-0.4, -0.2) is 11.3 Å². The van der Waals surface area contributed by atoms with Gasteiger partial charge in [0.05, 0.1) is 5.04 Å². The van der Waals surface area contributed by atoms with Crippen molar-refractivity contribution >= 4 is 26.6 Å². The lowest BCUT2D eigenvalue weighted by molar-refractivity contribution is 1.54. The quantitative estimate of drug-likeness (QED) is 0.326. The largest absolute Gasteiger partial charge is 0.298 e. The molecule has 36 valence electrons. The zero-order chi connectivity index (χ0) is 4.99. The van der Waals surface area contributed by atoms with Crippen LogP contribution in [0.1, 0.15) is 6.92 Å². The highest BCUT2D eigenvalue weighted by Gasteiger charge is 1.79. The van der Waals surface area contributed by atoms with E-state index in [4.69, 9.17) is 5.41 Å². The fourth-order valence-corrected chi connectivity index (χ4v) is 1.12. The van der Waals surface area contributed by atoms with E-state index < -0.39 is 0 Å². The van der Waals surface area contributed by atoms with Crippen molar-refractivity contribution in [1.29, 1.82) is 5.41 Å². The van der Waals surface area contributed by atoms with E-state index in [1.54, 1.807) is 17.7 Å². The molecule has 0 unspecified atom stereocenters. The molecule has 0 rings (SSSR count). The molecule has 0 aliphatic carbocycles. The van der Waals surface area contributed by atoms with Crippen molar-refractivity contribution in [2.24, 2.45) is 0 Å². The minimum Gasteiger partial charge on any atom is -0.298 e. The van der Waals surface area contributed by atoms with Gasteiger partial charge in [0.15, 0.2) is 0 Å². The van der Waals surface area contributed by atoms with Gasteiger partial charge in [-0.2, -0.15) is 0 Å². The third-order valence-corrected chi connectivity index (χ3v) is 1.87. The van der Waals surface area contributed by atoms with E-state index in [0.29, 0.717) is 5.04 Å². The lowest BCUT2D eigenvalue weighted by Crippen LogP contribution is -1.68. The lowest BCUT2D eigenvalue weighted by atomic mass is 10.9. The highest BCUT2D eigenvalue weighted by molar-refractivity contribution is 8.82. The van der Waals surface area contributed by atoms with Crippen molar-refractivity contribution < 1.29 is 0 Å². The topological polar surface area (TPSA) is 23.9 Å². The van der Waals surface area contributed by atoms with Gasteiger partial charge in [0.25, 0.3) is 0 Å². The maximum atomic E-state index is 6.84. The molecular formula is C3H7NS2. The minimum absolute atomic E-state index is 0.669. The van der Waals surface area contributed by atoms with Crippen molar-refractivity contribution in [2.75, 3.05) is 6.26 Å². The van der Waals surface area contributed by atoms with Crippen LogP contribution in [0.15, 0.2) is 0 Å². The average molecular weight is 121 g/mol. The maximum Gasteiger partial charge on any atom is 0.0716 e. The number of hydrogen-bond acceptors (Lipinski definition) is 3. The molecule has 0 fully saturated rings. The molecule has 0 radical (unpaired) electrons. The zero-order valence-corrected chi connectivity index (χ0v) is 5.45. The molecule has 0 spiro atoms. The molecule has 0 aromatic heterocycles. The standard InChI is InChI=1S/C3H7NS2/c1-3(4)6-5-2/h4H,1-2H3. The molecule has 0 aliphatic rings. The third kappa shape index (κ3) is 4.37. The summed E-state index contributed by atoms with van der Waals surface area (Å²) >= 11 is 0. The van der Waals surface area contributed by atoms with Gasteiger partial charge < -0.3 is 0 Å². The van der Waals surface area contributed by atoms with Gasteiger partial charge in [0.1, 0.15) is 0 Å². The normalized spacial score (nSPS) is 8.33. The van der Waals surface area contributed by atoms with Crippen molar-refractivity contribution in [3.8, 4) is 0 Å². The predicted molar refractivity (Wildman–Crippen MR) is 34.5 cm³/mol. The second-order valence-electron chi connectivity index (χ2n) is 0.806. The molecule has 0 aliphatic heterocycles. The summed E-state index contributed by atoms with van der Waals surface area (Å²) < 4.78 is 0. The first-order valence-corrected chi connectivity index (χ1v) is 4.09. The third-order valence-electron chi connectivity index (χ3n) is 0.208. The Morgan fingerprint density at radius 3 is 2.17 bits per heavy atom. The molecular weight excluding hydrogens is 114 g/mol. The Kier molecular flexibility index (Phi) is 3.78. The van der Waals surface area contributed by atoms with Gasteiger partial charge in [-0.05, 0) is 24.0 Å². The summed E-state index contributed by atoms with van der Waals surface area (Å²) in [5.41, 5.74) is 0. The lowest BCUT2D eigenvalue weighted by Gasteiger charge is -1.84. The molecule has 0 saturated heterocycles. The number of nitrogens with one attached hydrogen (secondary N) is 1. The van der Waals surface area contributed by atoms with Crippen LogP contribution < -0.4 is 0 Å². The monoisotopic (exact) mass is 121 g/mol. The molecule has 1 N–H and O–H groups in total. The maximum absolute atomic E-state index is 6.84. The van der Waals surface area contributed by atoms with Gasteiger partial charge in [0, 0.05) is 0 Å². The van der Waals surface area contributed by atoms with Crippen LogP contribution in [0.2, 0.25) is 0 Å². The van der Waals surface area contributed by atoms with Crippen LogP contribution >= 0.6 is 21.6 Å². The fraction of sp³-hybridized carbons (Fsp3) is 0.667. The second-order valence-corrected chi connectivity index (χ2v) is 3.42. The van der Waals surface area contributed by atoms with Gasteiger partial charge in [-0.1, -0.05) is 10.8 Å². The second kappa shape index (κ2) is 3.56. The van der Waals surface area contributed by atoms with Crippen LogP contribution in [0.4, 0.5) is 0 Å². The molecule has 0 bridgehead atoms. The van der Waals surface area contributed by atoms with Crippen LogP contribution in [-0.2, 0) is 0 Å². The predicted octanol–water partition coefficient (Wildman–Crippen LogP) is 1.99. The van der Waals surface area contributed by atoms with E-state index in [-0.39, 0.29) is 0 Å². The van der Waals surface area contributed by atoms with Gasteiger partial charge >= 0.3 is 0 Å². The summed E-state index contributed by atoms with van der Waals surface area (Å²) in [5.74, 6) is 0. The molecule has 6 heavy (non-hydrogen) atoms. The fourth-order valence-electron chi connectivity index (χ4n) is 0.125. The Labute approximate surface area is 45.8 Å². The van der Waals surface area contributed by atoms with Crippen molar-refractivity contribution in [1.82, 2.24) is 0 Å². The summed E-state index contributed by atoms with van der Waals surface area (Å²) in [6.07, 6.45) is 1.96. The average Bonchev–Trinajstić information content (AvgIpc) is 1.35. The van der Waals surface area contributed by atoms with Gasteiger partial charge in [-0.25, -0.2) is 0 Å². The molecule has 0 heterocycles. The summed E-state index contributed by atoms with van der Waals surface area (Å²) in [6, 6.07) is 0. The first-order chi connectivity index (χ1) is 2.77. The first-order valence-electron chi connectivity index (χ1n) is 1.53. The van der Waals surface area contributed by atoms with Crippen molar-refractivity contribution in [3.63, 3.8) is 0 Å². The molecule has 0 saturated carbocycles. The summed E-state index contributed by atoms with van der Waals surface area (Å²) in [4.78, 5) is 0. The molecule has 0 aromatic carbocycles. The van der Waals surface area contributed by atoms with Crippen LogP contribution in [0.25, 0.3) is 0 Å². The minimum atomic E-state index is 0.669. The summed E-state index contributed by atoms with van der Waals surface area (Å²) in [7, 11) is 3.09. The van der Waals surface area contributed by atoms with Crippen LogP contribution in [0.5, 0.6) is 0 Å². The Balaban J connectivity index is 2.83. The number of hydrogen-bond donors (Lipinski definition) is 1. The van der Waals surface area contributed by atoms with E-state index in [0.717, 1.165) is 0 Å². The van der Waals surface area contributed by atoms with E-state index in [2.05, 4.69) is 0 Å². The Bertz CT molecular complexity index is 52.8. The van der Waals surface area contributed by atoms with E-state index >= 15 is 0 Å². The van der Waals surface area contributed by atoms with Gasteiger partial charge in [-0.3, -0.25) is 5.41 Å². The SMILES string of the molecule is CSSC(C)=N. The summed E-state index contributed by atoms with van der Waals surface area (Å²) in [6.45, 7) is 1.78. The molecule has 1 nitrogen and oxygen atoms in total. The van der Waals surface area contributed by atoms with Crippen LogP contribution in [0.3, 0.4) is 0 Å². The Hall–Kier alpha value is 0.370. The van der Waals surface area contributed by atoms with Crippen LogP contribution in [0, 0.1) is 5.41 Å². The van der Waals surface area contributed by atoms with Crippen molar-refractivity contribution in [2.45, 2.75) is 6.92 Å². The molecule has 0 amide bonds. The zero-order valence-electron chi connectivity index (χ0n) is 3.82. The van der Waals surface area contributed by atoms with Crippen molar-refractivity contribution in [3.05, 3.63) is 0 Å². The Morgan fingerprint density at radius 2 is 2.17 bits per heavy atom. The first kappa shape index (κ1) is 6.37. The number of rotatable bonds is 1. The molecule has 3 heteroatoms. The molecule has 0 aromatic rings. The summed E-state index contributed by atoms with van der Waals surface area (Å²) in [5, 5.41) is 7.51. The van der Waals surface area contributed by atoms with E-state index in [1.807, 2.05) is 6.26 Å². The molecule has 0 atom stereocenters. The van der Waals surface area contributed by atoms with Gasteiger partial charge in [-0.15, -0.1) is 0 Å². The Morgan fingerprint density at radius 1 is 1.67 bits per heavy atom.